The second-order valence-electron chi connectivity index (χ2n) is 3.47. The molecule has 2 aromatic rings. The maximum atomic E-state index is 11.9. The normalized spacial score (nSPS) is 10.4. The van der Waals surface area contributed by atoms with E-state index < -0.39 is 0 Å². The number of ketones is 1. The highest BCUT2D eigenvalue weighted by Gasteiger charge is 2.11. The van der Waals surface area contributed by atoms with Gasteiger partial charge in [0.2, 0.25) is 0 Å². The highest BCUT2D eigenvalue weighted by atomic mass is 35.5. The van der Waals surface area contributed by atoms with Crippen molar-refractivity contribution in [3.8, 4) is 0 Å². The molecule has 0 N–H and O–H groups in total. The molecule has 2 rings (SSSR count). The minimum atomic E-state index is -0.0187. The molecular formula is C11H10ClN3O. The van der Waals surface area contributed by atoms with Crippen LogP contribution in [0.5, 0.6) is 0 Å². The van der Waals surface area contributed by atoms with Crippen LogP contribution < -0.4 is 0 Å². The van der Waals surface area contributed by atoms with Gasteiger partial charge in [0, 0.05) is 18.5 Å². The molecule has 0 atom stereocenters. The van der Waals surface area contributed by atoms with Crippen molar-refractivity contribution < 1.29 is 4.79 Å². The lowest BCUT2D eigenvalue weighted by molar-refractivity contribution is 0.0984. The molecule has 16 heavy (non-hydrogen) atoms. The van der Waals surface area contributed by atoms with E-state index in [1.54, 1.807) is 19.2 Å². The van der Waals surface area contributed by atoms with E-state index in [0.29, 0.717) is 17.1 Å². The Morgan fingerprint density at radius 3 is 2.94 bits per heavy atom. The fourth-order valence-electron chi connectivity index (χ4n) is 1.47. The third-order valence-electron chi connectivity index (χ3n) is 2.25. The first-order valence-corrected chi connectivity index (χ1v) is 5.17. The Balaban J connectivity index is 2.17. The number of hydrogen-bond acceptors (Lipinski definition) is 3. The van der Waals surface area contributed by atoms with Crippen molar-refractivity contribution in [1.82, 2.24) is 15.0 Å². The molecule has 0 aliphatic heterocycles. The molecule has 0 amide bonds. The molecule has 1 heterocycles. The predicted molar refractivity (Wildman–Crippen MR) is 60.5 cm³/mol. The Labute approximate surface area is 97.8 Å². The van der Waals surface area contributed by atoms with Crippen molar-refractivity contribution in [2.24, 2.45) is 7.05 Å². The van der Waals surface area contributed by atoms with Gasteiger partial charge in [-0.1, -0.05) is 28.9 Å². The standard InChI is InChI=1S/C11H10ClN3O/c1-15-10(7-13-14-15)11(16)6-8-3-2-4-9(12)5-8/h2-5,7H,6H2,1H3. The number of aromatic nitrogens is 3. The van der Waals surface area contributed by atoms with E-state index >= 15 is 0 Å². The first kappa shape index (κ1) is 10.8. The van der Waals surface area contributed by atoms with Crippen molar-refractivity contribution in [2.45, 2.75) is 6.42 Å². The van der Waals surface area contributed by atoms with Crippen LogP contribution in [0.4, 0.5) is 0 Å². The minimum Gasteiger partial charge on any atom is -0.292 e. The zero-order chi connectivity index (χ0) is 11.5. The molecule has 0 radical (unpaired) electrons. The van der Waals surface area contributed by atoms with Crippen LogP contribution in [-0.2, 0) is 13.5 Å². The summed E-state index contributed by atoms with van der Waals surface area (Å²) in [5.74, 6) is -0.0187. The van der Waals surface area contributed by atoms with Crippen LogP contribution in [0.1, 0.15) is 16.1 Å². The van der Waals surface area contributed by atoms with E-state index in [9.17, 15) is 4.79 Å². The van der Waals surface area contributed by atoms with Gasteiger partial charge in [0.1, 0.15) is 5.69 Å². The third-order valence-corrected chi connectivity index (χ3v) is 2.49. The zero-order valence-electron chi connectivity index (χ0n) is 8.72. The summed E-state index contributed by atoms with van der Waals surface area (Å²) in [5, 5.41) is 8.02. The lowest BCUT2D eigenvalue weighted by atomic mass is 10.1. The van der Waals surface area contributed by atoms with E-state index in [0.717, 1.165) is 5.56 Å². The van der Waals surface area contributed by atoms with Gasteiger partial charge in [-0.05, 0) is 17.7 Å². The first-order chi connectivity index (χ1) is 7.66. The summed E-state index contributed by atoms with van der Waals surface area (Å²) in [5.41, 5.74) is 1.39. The molecule has 0 saturated carbocycles. The van der Waals surface area contributed by atoms with Gasteiger partial charge >= 0.3 is 0 Å². The van der Waals surface area contributed by atoms with Crippen molar-refractivity contribution in [3.05, 3.63) is 46.7 Å². The quantitative estimate of drug-likeness (QED) is 0.764. The minimum absolute atomic E-state index is 0.0187. The van der Waals surface area contributed by atoms with Crippen molar-refractivity contribution in [1.29, 1.82) is 0 Å². The number of carbonyl (C=O) groups excluding carboxylic acids is 1. The van der Waals surface area contributed by atoms with Crippen LogP contribution in [-0.4, -0.2) is 20.8 Å². The van der Waals surface area contributed by atoms with Gasteiger partial charge in [0.15, 0.2) is 5.78 Å². The monoisotopic (exact) mass is 235 g/mol. The van der Waals surface area contributed by atoms with Gasteiger partial charge in [-0.25, -0.2) is 4.68 Å². The van der Waals surface area contributed by atoms with Crippen LogP contribution in [0.25, 0.3) is 0 Å². The summed E-state index contributed by atoms with van der Waals surface area (Å²) in [6, 6.07) is 7.25. The van der Waals surface area contributed by atoms with Crippen LogP contribution in [0.3, 0.4) is 0 Å². The summed E-state index contributed by atoms with van der Waals surface area (Å²) in [6.45, 7) is 0. The molecule has 5 heteroatoms. The molecule has 82 valence electrons. The predicted octanol–water partition coefficient (Wildman–Crippen LogP) is 1.89. The van der Waals surface area contributed by atoms with Gasteiger partial charge in [-0.15, -0.1) is 5.10 Å². The zero-order valence-corrected chi connectivity index (χ0v) is 9.48. The van der Waals surface area contributed by atoms with Crippen LogP contribution >= 0.6 is 11.6 Å². The lowest BCUT2D eigenvalue weighted by Gasteiger charge is -2.01. The number of Topliss-reactive ketones (excluding diaryl/α,β-unsaturated/α-hetero) is 1. The van der Waals surface area contributed by atoms with Gasteiger partial charge in [-0.2, -0.15) is 0 Å². The summed E-state index contributed by atoms with van der Waals surface area (Å²) in [6.07, 6.45) is 1.77. The van der Waals surface area contributed by atoms with E-state index in [4.69, 9.17) is 11.6 Å². The lowest BCUT2D eigenvalue weighted by Crippen LogP contribution is -2.09. The fraction of sp³-hybridized carbons (Fsp3) is 0.182. The molecule has 0 fully saturated rings. The van der Waals surface area contributed by atoms with Gasteiger partial charge < -0.3 is 0 Å². The average molecular weight is 236 g/mol. The Morgan fingerprint density at radius 1 is 1.50 bits per heavy atom. The number of nitrogens with zero attached hydrogens (tertiary/aromatic N) is 3. The van der Waals surface area contributed by atoms with Crippen molar-refractivity contribution >= 4 is 17.4 Å². The molecule has 0 aliphatic carbocycles. The number of hydrogen-bond donors (Lipinski definition) is 0. The molecule has 1 aromatic heterocycles. The van der Waals surface area contributed by atoms with Crippen LogP contribution in [0.15, 0.2) is 30.5 Å². The molecule has 0 saturated heterocycles. The van der Waals surface area contributed by atoms with Crippen LogP contribution in [0.2, 0.25) is 5.02 Å². The number of rotatable bonds is 3. The highest BCUT2D eigenvalue weighted by Crippen LogP contribution is 2.12. The van der Waals surface area contributed by atoms with Crippen LogP contribution in [0, 0.1) is 0 Å². The van der Waals surface area contributed by atoms with Crippen molar-refractivity contribution in [3.63, 3.8) is 0 Å². The van der Waals surface area contributed by atoms with E-state index in [2.05, 4.69) is 10.3 Å². The van der Waals surface area contributed by atoms with Gasteiger partial charge in [0.05, 0.1) is 6.20 Å². The Morgan fingerprint density at radius 2 is 2.31 bits per heavy atom. The summed E-state index contributed by atoms with van der Waals surface area (Å²) >= 11 is 5.84. The van der Waals surface area contributed by atoms with E-state index in [-0.39, 0.29) is 5.78 Å². The third kappa shape index (κ3) is 2.28. The summed E-state index contributed by atoms with van der Waals surface area (Å²) in [4.78, 5) is 11.9. The molecule has 1 aromatic carbocycles. The Kier molecular flexibility index (Phi) is 3.01. The topological polar surface area (TPSA) is 47.8 Å². The van der Waals surface area contributed by atoms with Gasteiger partial charge in [-0.3, -0.25) is 4.79 Å². The molecular weight excluding hydrogens is 226 g/mol. The maximum Gasteiger partial charge on any atom is 0.186 e. The fourth-order valence-corrected chi connectivity index (χ4v) is 1.68. The summed E-state index contributed by atoms with van der Waals surface area (Å²) < 4.78 is 1.47. The molecule has 0 unspecified atom stereocenters. The number of halogens is 1. The van der Waals surface area contributed by atoms with Crippen molar-refractivity contribution in [2.75, 3.05) is 0 Å². The van der Waals surface area contributed by atoms with Gasteiger partial charge in [0.25, 0.3) is 0 Å². The molecule has 4 nitrogen and oxygen atoms in total. The molecule has 0 bridgehead atoms. The second-order valence-corrected chi connectivity index (χ2v) is 3.91. The Bertz CT molecular complexity index is 521. The second kappa shape index (κ2) is 4.45. The number of aryl methyl sites for hydroxylation is 1. The largest absolute Gasteiger partial charge is 0.292 e. The number of benzene rings is 1. The average Bonchev–Trinajstić information content (AvgIpc) is 2.64. The maximum absolute atomic E-state index is 11.9. The molecule has 0 aliphatic rings. The number of carbonyl (C=O) groups is 1. The van der Waals surface area contributed by atoms with E-state index in [1.165, 1.54) is 10.9 Å². The Hall–Kier alpha value is -1.68. The smallest absolute Gasteiger partial charge is 0.186 e. The SMILES string of the molecule is Cn1nncc1C(=O)Cc1cccc(Cl)c1. The van der Waals surface area contributed by atoms with E-state index in [1.807, 2.05) is 12.1 Å². The highest BCUT2D eigenvalue weighted by molar-refractivity contribution is 6.30. The summed E-state index contributed by atoms with van der Waals surface area (Å²) in [7, 11) is 1.69. The molecule has 0 spiro atoms. The first-order valence-electron chi connectivity index (χ1n) is 4.79.